The quantitative estimate of drug-likeness (QED) is 0.447. The van der Waals surface area contributed by atoms with Gasteiger partial charge in [0.05, 0.1) is 16.6 Å². The van der Waals surface area contributed by atoms with Crippen molar-refractivity contribution in [3.63, 3.8) is 0 Å². The van der Waals surface area contributed by atoms with E-state index in [1.165, 1.54) is 6.33 Å². The van der Waals surface area contributed by atoms with Crippen molar-refractivity contribution in [3.05, 3.63) is 58.6 Å². The van der Waals surface area contributed by atoms with Crippen LogP contribution < -0.4 is 11.5 Å². The van der Waals surface area contributed by atoms with Crippen LogP contribution in [0.3, 0.4) is 0 Å². The van der Waals surface area contributed by atoms with E-state index in [1.807, 2.05) is 13.1 Å². The Balaban J connectivity index is 1.79. The van der Waals surface area contributed by atoms with E-state index in [2.05, 4.69) is 33.6 Å². The first-order chi connectivity index (χ1) is 14.3. The molecule has 0 radical (unpaired) electrons. The van der Waals surface area contributed by atoms with Crippen LogP contribution in [0.1, 0.15) is 36.9 Å². The summed E-state index contributed by atoms with van der Waals surface area (Å²) in [5, 5.41) is 0.820. The minimum atomic E-state index is -0.482. The molecular formula is C23H23ClFN5. The Hall–Kier alpha value is -2.88. The SMILES string of the molecule is CN1CCCC(C)(C#Cc2cc3ncnc(N)c3cc2N)C1c1cccc(Cl)c1F. The molecule has 0 saturated carbocycles. The smallest absolute Gasteiger partial charge is 0.146 e. The third kappa shape index (κ3) is 3.55. The van der Waals surface area contributed by atoms with Crippen molar-refractivity contribution in [1.29, 1.82) is 0 Å². The number of nitrogens with zero attached hydrogens (tertiary/aromatic N) is 3. The fraction of sp³-hybridized carbons (Fsp3) is 0.304. The summed E-state index contributed by atoms with van der Waals surface area (Å²) >= 11 is 6.07. The van der Waals surface area contributed by atoms with Gasteiger partial charge in [0.1, 0.15) is 18.0 Å². The van der Waals surface area contributed by atoms with E-state index in [9.17, 15) is 4.39 Å². The van der Waals surface area contributed by atoms with Crippen molar-refractivity contribution < 1.29 is 4.39 Å². The minimum absolute atomic E-state index is 0.123. The van der Waals surface area contributed by atoms with Gasteiger partial charge < -0.3 is 11.5 Å². The number of fused-ring (bicyclic) bond motifs is 1. The van der Waals surface area contributed by atoms with Crippen molar-refractivity contribution in [2.24, 2.45) is 5.41 Å². The zero-order chi connectivity index (χ0) is 21.5. The lowest BCUT2D eigenvalue weighted by atomic mass is 9.72. The van der Waals surface area contributed by atoms with E-state index in [-0.39, 0.29) is 16.9 Å². The first-order valence-corrected chi connectivity index (χ1v) is 10.1. The number of piperidine rings is 1. The molecule has 1 saturated heterocycles. The van der Waals surface area contributed by atoms with Crippen molar-refractivity contribution in [2.75, 3.05) is 25.1 Å². The summed E-state index contributed by atoms with van der Waals surface area (Å²) in [5.74, 6) is 6.63. The summed E-state index contributed by atoms with van der Waals surface area (Å²) in [4.78, 5) is 10.4. The van der Waals surface area contributed by atoms with E-state index in [0.717, 1.165) is 19.4 Å². The van der Waals surface area contributed by atoms with E-state index >= 15 is 0 Å². The lowest BCUT2D eigenvalue weighted by Gasteiger charge is -2.44. The highest BCUT2D eigenvalue weighted by Crippen LogP contribution is 2.46. The normalized spacial score (nSPS) is 21.9. The molecule has 0 spiro atoms. The number of halogens is 2. The number of hydrogen-bond acceptors (Lipinski definition) is 5. The highest BCUT2D eigenvalue weighted by Gasteiger charge is 2.41. The average molecular weight is 424 g/mol. The molecule has 2 unspecified atom stereocenters. The van der Waals surface area contributed by atoms with Gasteiger partial charge >= 0.3 is 0 Å². The van der Waals surface area contributed by atoms with Crippen LogP contribution >= 0.6 is 11.6 Å². The molecule has 2 aromatic carbocycles. The van der Waals surface area contributed by atoms with Crippen LogP contribution in [-0.4, -0.2) is 28.5 Å². The van der Waals surface area contributed by atoms with Crippen LogP contribution in [0.25, 0.3) is 10.9 Å². The molecule has 1 fully saturated rings. The van der Waals surface area contributed by atoms with E-state index in [4.69, 9.17) is 23.1 Å². The van der Waals surface area contributed by atoms with E-state index < -0.39 is 5.41 Å². The van der Waals surface area contributed by atoms with Gasteiger partial charge in [0, 0.05) is 27.6 Å². The molecule has 1 aliphatic heterocycles. The van der Waals surface area contributed by atoms with Gasteiger partial charge in [-0.1, -0.05) is 35.6 Å². The Morgan fingerprint density at radius 1 is 1.27 bits per heavy atom. The van der Waals surface area contributed by atoms with Crippen molar-refractivity contribution in [3.8, 4) is 11.8 Å². The number of anilines is 2. The maximum atomic E-state index is 14.9. The summed E-state index contributed by atoms with van der Waals surface area (Å²) < 4.78 is 14.9. The summed E-state index contributed by atoms with van der Waals surface area (Å²) in [6.45, 7) is 2.93. The lowest BCUT2D eigenvalue weighted by Crippen LogP contribution is -2.42. The summed E-state index contributed by atoms with van der Waals surface area (Å²) in [6, 6.07) is 8.48. The molecule has 0 aliphatic carbocycles. The van der Waals surface area contributed by atoms with Crippen LogP contribution in [0, 0.1) is 23.1 Å². The highest BCUT2D eigenvalue weighted by molar-refractivity contribution is 6.30. The molecule has 2 atom stereocenters. The number of nitrogens with two attached hydrogens (primary N) is 2. The van der Waals surface area contributed by atoms with Crippen LogP contribution in [0.4, 0.5) is 15.9 Å². The lowest BCUT2D eigenvalue weighted by molar-refractivity contribution is 0.0837. The van der Waals surface area contributed by atoms with Crippen LogP contribution in [0.5, 0.6) is 0 Å². The van der Waals surface area contributed by atoms with Crippen LogP contribution in [0.2, 0.25) is 5.02 Å². The minimum Gasteiger partial charge on any atom is -0.398 e. The van der Waals surface area contributed by atoms with Gasteiger partial charge in [0.15, 0.2) is 0 Å². The van der Waals surface area contributed by atoms with Crippen molar-refractivity contribution >= 4 is 34.0 Å². The average Bonchev–Trinajstić information content (AvgIpc) is 2.70. The molecule has 0 bridgehead atoms. The molecule has 5 nitrogen and oxygen atoms in total. The Bertz CT molecular complexity index is 1190. The second-order valence-corrected chi connectivity index (χ2v) is 8.42. The number of aromatic nitrogens is 2. The molecule has 2 heterocycles. The third-order valence-electron chi connectivity index (χ3n) is 5.85. The number of rotatable bonds is 1. The van der Waals surface area contributed by atoms with Gasteiger partial charge in [-0.3, -0.25) is 4.90 Å². The maximum Gasteiger partial charge on any atom is 0.146 e. The standard InChI is InChI=1S/C23H23ClFN5/c1-23(8-4-10-30(2)21(23)15-5-3-6-17(24)20(15)25)9-7-14-11-19-16(12-18(14)26)22(27)29-13-28-19/h3,5-6,11-13,21H,4,8,10,26H2,1-2H3,(H2,27,28,29). The number of hydrogen-bond donors (Lipinski definition) is 2. The first-order valence-electron chi connectivity index (χ1n) is 9.77. The molecule has 1 aliphatic rings. The third-order valence-corrected chi connectivity index (χ3v) is 6.14. The van der Waals surface area contributed by atoms with Crippen molar-refractivity contribution in [2.45, 2.75) is 25.8 Å². The van der Waals surface area contributed by atoms with Gasteiger partial charge in [0.25, 0.3) is 0 Å². The molecule has 7 heteroatoms. The molecule has 1 aromatic heterocycles. The largest absolute Gasteiger partial charge is 0.398 e. The molecular weight excluding hydrogens is 401 g/mol. The zero-order valence-corrected chi connectivity index (χ0v) is 17.7. The Kier molecular flexibility index (Phi) is 5.27. The molecule has 4 rings (SSSR count). The second-order valence-electron chi connectivity index (χ2n) is 8.01. The highest BCUT2D eigenvalue weighted by atomic mass is 35.5. The molecule has 30 heavy (non-hydrogen) atoms. The predicted octanol–water partition coefficient (Wildman–Crippen LogP) is 4.41. The maximum absolute atomic E-state index is 14.9. The molecule has 3 aromatic rings. The molecule has 0 amide bonds. The van der Waals surface area contributed by atoms with Gasteiger partial charge in [-0.05, 0) is 51.6 Å². The Morgan fingerprint density at radius 2 is 2.07 bits per heavy atom. The molecule has 4 N–H and O–H groups in total. The number of likely N-dealkylation sites (tertiary alicyclic amines) is 1. The summed E-state index contributed by atoms with van der Waals surface area (Å²) in [6.07, 6.45) is 3.22. The number of benzene rings is 2. The van der Waals surface area contributed by atoms with Gasteiger partial charge in [-0.15, -0.1) is 0 Å². The fourth-order valence-electron chi connectivity index (χ4n) is 4.35. The van der Waals surface area contributed by atoms with Gasteiger partial charge in [0.2, 0.25) is 0 Å². The fourth-order valence-corrected chi connectivity index (χ4v) is 4.53. The zero-order valence-electron chi connectivity index (χ0n) is 16.9. The topological polar surface area (TPSA) is 81.1 Å². The van der Waals surface area contributed by atoms with Crippen LogP contribution in [-0.2, 0) is 0 Å². The Labute approximate surface area is 180 Å². The molecule has 154 valence electrons. The van der Waals surface area contributed by atoms with E-state index in [0.29, 0.717) is 33.5 Å². The second kappa shape index (κ2) is 7.75. The Morgan fingerprint density at radius 3 is 2.87 bits per heavy atom. The van der Waals surface area contributed by atoms with Crippen molar-refractivity contribution in [1.82, 2.24) is 14.9 Å². The van der Waals surface area contributed by atoms with Gasteiger partial charge in [-0.2, -0.15) is 0 Å². The monoisotopic (exact) mass is 423 g/mol. The number of nitrogen functional groups attached to an aromatic ring is 2. The first kappa shape index (κ1) is 20.4. The summed E-state index contributed by atoms with van der Waals surface area (Å²) in [5.41, 5.74) is 14.1. The van der Waals surface area contributed by atoms with Crippen LogP contribution in [0.15, 0.2) is 36.7 Å². The van der Waals surface area contributed by atoms with Gasteiger partial charge in [-0.25, -0.2) is 14.4 Å². The van der Waals surface area contributed by atoms with E-state index in [1.54, 1.807) is 24.3 Å². The predicted molar refractivity (Wildman–Crippen MR) is 119 cm³/mol. The summed E-state index contributed by atoms with van der Waals surface area (Å²) in [7, 11) is 1.99.